The Hall–Kier alpha value is -4.19. The number of aryl methyl sites for hydroxylation is 2. The molecule has 0 aliphatic carbocycles. The molecule has 0 atom stereocenters. The van der Waals surface area contributed by atoms with E-state index in [-0.39, 0.29) is 11.8 Å². The van der Waals surface area contributed by atoms with Crippen LogP contribution in [-0.2, 0) is 0 Å². The Balaban J connectivity index is 1.71. The quantitative estimate of drug-likeness (QED) is 0.485. The van der Waals surface area contributed by atoms with E-state index >= 15 is 0 Å². The van der Waals surface area contributed by atoms with Crippen molar-refractivity contribution in [3.63, 3.8) is 0 Å². The standard InChI is InChI=1S/C26H24N4O2/c1-17-9-10-20(15-18(17)2)24-23(16-30(29-24)22-7-5-4-6-8-22)26(32)28-21-13-11-19(12-14-21)25(31)27-3/h4-16H,1-3H3,(H,27,31)(H,28,32). The summed E-state index contributed by atoms with van der Waals surface area (Å²) in [5.74, 6) is -0.447. The highest BCUT2D eigenvalue weighted by molar-refractivity contribution is 6.08. The number of carbonyl (C=O) groups is 2. The van der Waals surface area contributed by atoms with Crippen molar-refractivity contribution in [1.82, 2.24) is 15.1 Å². The topological polar surface area (TPSA) is 76.0 Å². The fourth-order valence-corrected chi connectivity index (χ4v) is 3.40. The van der Waals surface area contributed by atoms with Crippen LogP contribution in [0.25, 0.3) is 16.9 Å². The molecule has 6 heteroatoms. The van der Waals surface area contributed by atoms with Crippen LogP contribution < -0.4 is 10.6 Å². The number of aromatic nitrogens is 2. The van der Waals surface area contributed by atoms with E-state index < -0.39 is 0 Å². The lowest BCUT2D eigenvalue weighted by Gasteiger charge is -2.08. The van der Waals surface area contributed by atoms with Crippen LogP contribution in [0.1, 0.15) is 31.8 Å². The highest BCUT2D eigenvalue weighted by atomic mass is 16.2. The van der Waals surface area contributed by atoms with Crippen LogP contribution in [0.4, 0.5) is 5.69 Å². The summed E-state index contributed by atoms with van der Waals surface area (Å²) in [6.07, 6.45) is 1.74. The van der Waals surface area contributed by atoms with E-state index in [1.165, 1.54) is 5.56 Å². The van der Waals surface area contributed by atoms with Crippen LogP contribution in [0.2, 0.25) is 0 Å². The molecule has 1 heterocycles. The van der Waals surface area contributed by atoms with Crippen molar-refractivity contribution in [3.8, 4) is 16.9 Å². The molecule has 3 aromatic carbocycles. The fraction of sp³-hybridized carbons (Fsp3) is 0.115. The molecule has 0 fully saturated rings. The number of amides is 2. The van der Waals surface area contributed by atoms with Crippen LogP contribution in [-0.4, -0.2) is 28.6 Å². The number of hydrogen-bond donors (Lipinski definition) is 2. The van der Waals surface area contributed by atoms with Gasteiger partial charge in [-0.2, -0.15) is 5.10 Å². The molecule has 160 valence electrons. The third-order valence-corrected chi connectivity index (χ3v) is 5.39. The SMILES string of the molecule is CNC(=O)c1ccc(NC(=O)c2cn(-c3ccccc3)nc2-c2ccc(C)c(C)c2)cc1. The van der Waals surface area contributed by atoms with Gasteiger partial charge in [-0.15, -0.1) is 0 Å². The number of nitrogens with zero attached hydrogens (tertiary/aromatic N) is 2. The molecule has 0 saturated heterocycles. The number of carbonyl (C=O) groups excluding carboxylic acids is 2. The summed E-state index contributed by atoms with van der Waals surface area (Å²) in [5, 5.41) is 10.2. The molecule has 0 saturated carbocycles. The van der Waals surface area contributed by atoms with Crippen LogP contribution >= 0.6 is 0 Å². The van der Waals surface area contributed by atoms with E-state index in [0.29, 0.717) is 22.5 Å². The van der Waals surface area contributed by atoms with Gasteiger partial charge >= 0.3 is 0 Å². The monoisotopic (exact) mass is 424 g/mol. The Bertz CT molecular complexity index is 1280. The van der Waals surface area contributed by atoms with Crippen molar-refractivity contribution in [1.29, 1.82) is 0 Å². The molecule has 0 spiro atoms. The van der Waals surface area contributed by atoms with Gasteiger partial charge < -0.3 is 10.6 Å². The van der Waals surface area contributed by atoms with Crippen LogP contribution in [0.5, 0.6) is 0 Å². The molecule has 1 aromatic heterocycles. The van der Waals surface area contributed by atoms with E-state index in [4.69, 9.17) is 5.10 Å². The minimum atomic E-state index is -0.270. The maximum atomic E-state index is 13.2. The van der Waals surface area contributed by atoms with Gasteiger partial charge in [0, 0.05) is 30.1 Å². The summed E-state index contributed by atoms with van der Waals surface area (Å²) in [6.45, 7) is 4.10. The average Bonchev–Trinajstić information content (AvgIpc) is 3.27. The minimum Gasteiger partial charge on any atom is -0.355 e. The van der Waals surface area contributed by atoms with Crippen molar-refractivity contribution >= 4 is 17.5 Å². The summed E-state index contributed by atoms with van der Waals surface area (Å²) in [6, 6.07) is 22.5. The van der Waals surface area contributed by atoms with Gasteiger partial charge in [-0.25, -0.2) is 4.68 Å². The Morgan fingerprint density at radius 2 is 1.56 bits per heavy atom. The first-order valence-electron chi connectivity index (χ1n) is 10.3. The molecule has 0 radical (unpaired) electrons. The van der Waals surface area contributed by atoms with E-state index in [0.717, 1.165) is 16.8 Å². The summed E-state index contributed by atoms with van der Waals surface area (Å²) in [5.41, 5.74) is 6.25. The Labute approximate surface area is 186 Å². The van der Waals surface area contributed by atoms with Gasteiger partial charge in [0.05, 0.1) is 11.3 Å². The van der Waals surface area contributed by atoms with Gasteiger partial charge in [-0.05, 0) is 67.4 Å². The largest absolute Gasteiger partial charge is 0.355 e. The van der Waals surface area contributed by atoms with Crippen molar-refractivity contribution < 1.29 is 9.59 Å². The van der Waals surface area contributed by atoms with Gasteiger partial charge in [0.15, 0.2) is 0 Å². The lowest BCUT2D eigenvalue weighted by molar-refractivity contribution is 0.0962. The molecule has 32 heavy (non-hydrogen) atoms. The molecule has 0 aliphatic heterocycles. The van der Waals surface area contributed by atoms with Crippen LogP contribution in [0.3, 0.4) is 0 Å². The second kappa shape index (κ2) is 8.89. The smallest absolute Gasteiger partial charge is 0.259 e. The maximum absolute atomic E-state index is 13.2. The number of benzene rings is 3. The zero-order valence-corrected chi connectivity index (χ0v) is 18.2. The van der Waals surface area contributed by atoms with E-state index in [2.05, 4.69) is 17.6 Å². The molecular weight excluding hydrogens is 400 g/mol. The zero-order valence-electron chi connectivity index (χ0n) is 18.2. The molecule has 0 bridgehead atoms. The number of nitrogens with one attached hydrogen (secondary N) is 2. The fourth-order valence-electron chi connectivity index (χ4n) is 3.40. The van der Waals surface area contributed by atoms with Crippen molar-refractivity contribution in [2.75, 3.05) is 12.4 Å². The normalized spacial score (nSPS) is 10.6. The first kappa shape index (κ1) is 21.1. The van der Waals surface area contributed by atoms with Crippen molar-refractivity contribution in [2.45, 2.75) is 13.8 Å². The second-order valence-corrected chi connectivity index (χ2v) is 7.58. The van der Waals surface area contributed by atoms with Gasteiger partial charge in [-0.1, -0.05) is 30.3 Å². The molecule has 2 amide bonds. The zero-order chi connectivity index (χ0) is 22.7. The maximum Gasteiger partial charge on any atom is 0.259 e. The molecule has 6 nitrogen and oxygen atoms in total. The van der Waals surface area contributed by atoms with Crippen molar-refractivity contribution in [2.24, 2.45) is 0 Å². The van der Waals surface area contributed by atoms with E-state index in [1.54, 1.807) is 42.2 Å². The third kappa shape index (κ3) is 4.30. The van der Waals surface area contributed by atoms with Gasteiger partial charge in [0.2, 0.25) is 0 Å². The number of hydrogen-bond acceptors (Lipinski definition) is 3. The van der Waals surface area contributed by atoms with Crippen molar-refractivity contribution in [3.05, 3.63) is 101 Å². The molecule has 0 aliphatic rings. The highest BCUT2D eigenvalue weighted by Gasteiger charge is 2.19. The summed E-state index contributed by atoms with van der Waals surface area (Å²) in [7, 11) is 1.58. The Morgan fingerprint density at radius 3 is 2.22 bits per heavy atom. The Morgan fingerprint density at radius 1 is 0.844 bits per heavy atom. The average molecular weight is 425 g/mol. The first-order valence-corrected chi connectivity index (χ1v) is 10.3. The number of rotatable bonds is 5. The summed E-state index contributed by atoms with van der Waals surface area (Å²) < 4.78 is 1.72. The minimum absolute atomic E-state index is 0.177. The molecule has 0 unspecified atom stereocenters. The highest BCUT2D eigenvalue weighted by Crippen LogP contribution is 2.26. The van der Waals surface area contributed by atoms with Crippen LogP contribution in [0, 0.1) is 13.8 Å². The first-order chi connectivity index (χ1) is 15.5. The number of anilines is 1. The van der Waals surface area contributed by atoms with E-state index in [1.807, 2.05) is 55.5 Å². The van der Waals surface area contributed by atoms with Gasteiger partial charge in [0.1, 0.15) is 5.69 Å². The molecule has 4 aromatic rings. The number of para-hydroxylation sites is 1. The van der Waals surface area contributed by atoms with Gasteiger partial charge in [0.25, 0.3) is 11.8 Å². The van der Waals surface area contributed by atoms with Crippen LogP contribution in [0.15, 0.2) is 79.0 Å². The summed E-state index contributed by atoms with van der Waals surface area (Å²) in [4.78, 5) is 25.0. The predicted octanol–water partition coefficient (Wildman–Crippen LogP) is 4.77. The lowest BCUT2D eigenvalue weighted by Crippen LogP contribution is -2.18. The third-order valence-electron chi connectivity index (χ3n) is 5.39. The van der Waals surface area contributed by atoms with E-state index in [9.17, 15) is 9.59 Å². The Kier molecular flexibility index (Phi) is 5.85. The molecular formula is C26H24N4O2. The molecule has 4 rings (SSSR count). The van der Waals surface area contributed by atoms with Gasteiger partial charge in [-0.3, -0.25) is 9.59 Å². The lowest BCUT2D eigenvalue weighted by atomic mass is 10.0. The predicted molar refractivity (Wildman–Crippen MR) is 126 cm³/mol. The summed E-state index contributed by atoms with van der Waals surface area (Å²) >= 11 is 0. The second-order valence-electron chi connectivity index (χ2n) is 7.58. The molecule has 2 N–H and O–H groups in total.